The summed E-state index contributed by atoms with van der Waals surface area (Å²) in [5.74, 6) is -0.214. The van der Waals surface area contributed by atoms with Crippen LogP contribution in [0.2, 0.25) is 0 Å². The molecule has 1 rings (SSSR count). The molecule has 0 atom stereocenters. The van der Waals surface area contributed by atoms with Crippen LogP contribution < -0.4 is 5.14 Å². The molecule has 1 aromatic heterocycles. The highest BCUT2D eigenvalue weighted by molar-refractivity contribution is 7.95. The second-order valence-corrected chi connectivity index (χ2v) is 8.22. The predicted molar refractivity (Wildman–Crippen MR) is 59.4 cm³/mol. The first kappa shape index (κ1) is 13.6. The molecule has 1 heterocycles. The predicted octanol–water partition coefficient (Wildman–Crippen LogP) is -0.448. The molecular formula is C7H11NO5S3. The molecule has 0 saturated heterocycles. The van der Waals surface area contributed by atoms with E-state index in [9.17, 15) is 16.8 Å². The SMILES string of the molecule is NS(=O)(=O)c1ccc(S(=O)(=O)CCCO)s1. The smallest absolute Gasteiger partial charge is 0.247 e. The summed E-state index contributed by atoms with van der Waals surface area (Å²) in [5, 5.41) is 13.4. The summed E-state index contributed by atoms with van der Waals surface area (Å²) in [6.45, 7) is -0.230. The van der Waals surface area contributed by atoms with E-state index in [0.717, 1.165) is 6.07 Å². The van der Waals surface area contributed by atoms with Gasteiger partial charge in [-0.05, 0) is 18.6 Å². The molecule has 6 nitrogen and oxygen atoms in total. The van der Waals surface area contributed by atoms with Crippen molar-refractivity contribution in [2.24, 2.45) is 5.14 Å². The summed E-state index contributed by atoms with van der Waals surface area (Å²) >= 11 is 0.615. The summed E-state index contributed by atoms with van der Waals surface area (Å²) in [6.07, 6.45) is 0.116. The van der Waals surface area contributed by atoms with E-state index in [-0.39, 0.29) is 27.2 Å². The number of hydrogen-bond donors (Lipinski definition) is 2. The Morgan fingerprint density at radius 1 is 1.19 bits per heavy atom. The maximum Gasteiger partial charge on any atom is 0.247 e. The van der Waals surface area contributed by atoms with Gasteiger partial charge in [0, 0.05) is 6.61 Å². The number of thiophene rings is 1. The summed E-state index contributed by atoms with van der Waals surface area (Å²) in [4.78, 5) is 0. The van der Waals surface area contributed by atoms with Gasteiger partial charge in [0.05, 0.1) is 5.75 Å². The summed E-state index contributed by atoms with van der Waals surface area (Å²) in [6, 6.07) is 2.36. The molecule has 1 aromatic rings. The molecule has 0 spiro atoms. The lowest BCUT2D eigenvalue weighted by Gasteiger charge is -1.98. The number of aliphatic hydroxyl groups is 1. The van der Waals surface area contributed by atoms with Crippen molar-refractivity contribution in [3.05, 3.63) is 12.1 Å². The van der Waals surface area contributed by atoms with Crippen LogP contribution in [0.25, 0.3) is 0 Å². The fourth-order valence-corrected chi connectivity index (χ4v) is 4.61. The normalized spacial score (nSPS) is 12.9. The van der Waals surface area contributed by atoms with Crippen molar-refractivity contribution < 1.29 is 21.9 Å². The van der Waals surface area contributed by atoms with Crippen molar-refractivity contribution in [2.75, 3.05) is 12.4 Å². The molecule has 0 radical (unpaired) electrons. The molecule has 0 bridgehead atoms. The number of sulfone groups is 1. The summed E-state index contributed by atoms with van der Waals surface area (Å²) < 4.78 is 44.8. The minimum atomic E-state index is -3.86. The molecule has 0 saturated carbocycles. The van der Waals surface area contributed by atoms with Crippen LogP contribution in [0.3, 0.4) is 0 Å². The van der Waals surface area contributed by atoms with E-state index >= 15 is 0 Å². The molecular weight excluding hydrogens is 274 g/mol. The van der Waals surface area contributed by atoms with Gasteiger partial charge in [-0.25, -0.2) is 22.0 Å². The second kappa shape index (κ2) is 4.80. The van der Waals surface area contributed by atoms with Gasteiger partial charge in [-0.15, -0.1) is 11.3 Å². The van der Waals surface area contributed by atoms with Gasteiger partial charge < -0.3 is 5.11 Å². The minimum absolute atomic E-state index is 0.0509. The van der Waals surface area contributed by atoms with E-state index in [1.165, 1.54) is 6.07 Å². The van der Waals surface area contributed by atoms with E-state index in [1.54, 1.807) is 0 Å². The molecule has 16 heavy (non-hydrogen) atoms. The third-order valence-corrected chi connectivity index (χ3v) is 6.62. The van der Waals surface area contributed by atoms with Crippen LogP contribution >= 0.6 is 11.3 Å². The van der Waals surface area contributed by atoms with E-state index in [2.05, 4.69) is 0 Å². The Bertz CT molecular complexity index is 557. The maximum absolute atomic E-state index is 11.6. The van der Waals surface area contributed by atoms with Gasteiger partial charge >= 0.3 is 0 Å². The summed E-state index contributed by atoms with van der Waals surface area (Å²) in [7, 11) is -7.38. The fourth-order valence-electron chi connectivity index (χ4n) is 0.978. The van der Waals surface area contributed by atoms with Crippen molar-refractivity contribution in [1.29, 1.82) is 0 Å². The van der Waals surface area contributed by atoms with Crippen LogP contribution in [-0.4, -0.2) is 34.3 Å². The molecule has 9 heteroatoms. The molecule has 0 aliphatic carbocycles. The molecule has 3 N–H and O–H groups in total. The Kier molecular flexibility index (Phi) is 4.07. The van der Waals surface area contributed by atoms with Gasteiger partial charge in [0.15, 0.2) is 9.84 Å². The highest BCUT2D eigenvalue weighted by atomic mass is 32.3. The lowest BCUT2D eigenvalue weighted by molar-refractivity contribution is 0.295. The summed E-state index contributed by atoms with van der Waals surface area (Å²) in [5.41, 5.74) is 0. The average Bonchev–Trinajstić information content (AvgIpc) is 2.63. The number of hydrogen-bond acceptors (Lipinski definition) is 6. The van der Waals surface area contributed by atoms with E-state index in [4.69, 9.17) is 10.2 Å². The van der Waals surface area contributed by atoms with E-state index in [1.807, 2.05) is 0 Å². The quantitative estimate of drug-likeness (QED) is 0.760. The van der Waals surface area contributed by atoms with Gasteiger partial charge in [0.25, 0.3) is 0 Å². The standard InChI is InChI=1S/C7H11NO5S3/c8-16(12,13)7-3-2-6(14-7)15(10,11)5-1-4-9/h2-3,9H,1,4-5H2,(H2,8,12,13). The first-order chi connectivity index (χ1) is 7.27. The van der Waals surface area contributed by atoms with Crippen molar-refractivity contribution in [2.45, 2.75) is 14.8 Å². The molecule has 0 fully saturated rings. The first-order valence-corrected chi connectivity index (χ1v) is 8.25. The maximum atomic E-state index is 11.6. The van der Waals surface area contributed by atoms with E-state index in [0.29, 0.717) is 11.3 Å². The number of rotatable bonds is 5. The van der Waals surface area contributed by atoms with Gasteiger partial charge in [-0.3, -0.25) is 0 Å². The average molecular weight is 285 g/mol. The van der Waals surface area contributed by atoms with Crippen LogP contribution in [-0.2, 0) is 19.9 Å². The lowest BCUT2D eigenvalue weighted by Crippen LogP contribution is -2.10. The number of aliphatic hydroxyl groups excluding tert-OH is 1. The number of primary sulfonamides is 1. The van der Waals surface area contributed by atoms with Crippen molar-refractivity contribution in [1.82, 2.24) is 0 Å². The zero-order valence-electron chi connectivity index (χ0n) is 8.16. The Morgan fingerprint density at radius 2 is 1.75 bits per heavy atom. The van der Waals surface area contributed by atoms with Gasteiger partial charge in [0.1, 0.15) is 8.42 Å². The Balaban J connectivity index is 3.03. The van der Waals surface area contributed by atoms with Crippen molar-refractivity contribution in [3.63, 3.8) is 0 Å². The highest BCUT2D eigenvalue weighted by Crippen LogP contribution is 2.25. The van der Waals surface area contributed by atoms with Crippen LogP contribution in [0.15, 0.2) is 20.6 Å². The molecule has 0 aromatic carbocycles. The number of nitrogens with two attached hydrogens (primary N) is 1. The zero-order valence-corrected chi connectivity index (χ0v) is 10.6. The molecule has 92 valence electrons. The van der Waals surface area contributed by atoms with Gasteiger partial charge in [0.2, 0.25) is 10.0 Å². The van der Waals surface area contributed by atoms with Crippen LogP contribution in [0, 0.1) is 0 Å². The molecule has 0 aliphatic rings. The molecule has 0 aliphatic heterocycles. The van der Waals surface area contributed by atoms with Crippen LogP contribution in [0.4, 0.5) is 0 Å². The minimum Gasteiger partial charge on any atom is -0.396 e. The fraction of sp³-hybridized carbons (Fsp3) is 0.429. The first-order valence-electron chi connectivity index (χ1n) is 4.23. The third-order valence-electron chi connectivity index (χ3n) is 1.71. The Morgan fingerprint density at radius 3 is 2.19 bits per heavy atom. The Hall–Kier alpha value is -0.480. The highest BCUT2D eigenvalue weighted by Gasteiger charge is 2.19. The van der Waals surface area contributed by atoms with Gasteiger partial charge in [-0.1, -0.05) is 0 Å². The topological polar surface area (TPSA) is 115 Å². The monoisotopic (exact) mass is 285 g/mol. The van der Waals surface area contributed by atoms with Crippen molar-refractivity contribution in [3.8, 4) is 0 Å². The molecule has 0 unspecified atom stereocenters. The number of sulfonamides is 1. The second-order valence-electron chi connectivity index (χ2n) is 3.01. The van der Waals surface area contributed by atoms with Crippen molar-refractivity contribution >= 4 is 31.2 Å². The zero-order chi connectivity index (χ0) is 12.4. The molecule has 0 amide bonds. The third kappa shape index (κ3) is 3.25. The van der Waals surface area contributed by atoms with Crippen LogP contribution in [0.5, 0.6) is 0 Å². The van der Waals surface area contributed by atoms with E-state index < -0.39 is 19.9 Å². The largest absolute Gasteiger partial charge is 0.396 e. The Labute approximate surface area is 97.7 Å². The van der Waals surface area contributed by atoms with Crippen LogP contribution in [0.1, 0.15) is 6.42 Å². The van der Waals surface area contributed by atoms with Gasteiger partial charge in [-0.2, -0.15) is 0 Å². The lowest BCUT2D eigenvalue weighted by atomic mass is 10.5.